The molecule has 0 aromatic heterocycles. The molecule has 0 saturated heterocycles. The number of carbonyl (C=O) groups is 2. The third kappa shape index (κ3) is 7.61. The fraction of sp³-hybridized carbons (Fsp3) is 0.417. The van der Waals surface area contributed by atoms with E-state index in [-0.39, 0.29) is 34.1 Å². The van der Waals surface area contributed by atoms with Gasteiger partial charge in [-0.15, -0.1) is 0 Å². The summed E-state index contributed by atoms with van der Waals surface area (Å²) in [5, 5.41) is 3.08. The van der Waals surface area contributed by atoms with Crippen molar-refractivity contribution in [2.45, 2.75) is 39.8 Å². The van der Waals surface area contributed by atoms with Gasteiger partial charge < -0.3 is 10.2 Å². The molecular formula is C24H31Cl2N3O4S. The average molecular weight is 529 g/mol. The number of hydrogen-bond acceptors (Lipinski definition) is 4. The van der Waals surface area contributed by atoms with E-state index in [2.05, 4.69) is 5.32 Å². The quantitative estimate of drug-likeness (QED) is 0.470. The van der Waals surface area contributed by atoms with Crippen molar-refractivity contribution in [3.63, 3.8) is 0 Å². The van der Waals surface area contributed by atoms with E-state index in [9.17, 15) is 18.0 Å². The van der Waals surface area contributed by atoms with Gasteiger partial charge in [0.05, 0.1) is 22.0 Å². The molecule has 34 heavy (non-hydrogen) atoms. The van der Waals surface area contributed by atoms with Crippen molar-refractivity contribution in [1.29, 1.82) is 0 Å². The van der Waals surface area contributed by atoms with E-state index in [1.807, 2.05) is 51.1 Å². The molecule has 1 unspecified atom stereocenters. The zero-order valence-corrected chi connectivity index (χ0v) is 22.1. The monoisotopic (exact) mass is 527 g/mol. The van der Waals surface area contributed by atoms with E-state index in [0.717, 1.165) is 16.1 Å². The molecule has 0 bridgehead atoms. The van der Waals surface area contributed by atoms with Crippen LogP contribution in [0.1, 0.15) is 32.8 Å². The van der Waals surface area contributed by atoms with E-state index in [0.29, 0.717) is 13.0 Å². The molecule has 186 valence electrons. The van der Waals surface area contributed by atoms with Crippen molar-refractivity contribution in [2.75, 3.05) is 23.7 Å². The number of halogens is 2. The first-order valence-electron chi connectivity index (χ1n) is 11.0. The van der Waals surface area contributed by atoms with Gasteiger partial charge in [-0.3, -0.25) is 13.9 Å². The zero-order chi connectivity index (χ0) is 25.5. The smallest absolute Gasteiger partial charge is 0.244 e. The first kappa shape index (κ1) is 28.0. The predicted octanol–water partition coefficient (Wildman–Crippen LogP) is 4.34. The van der Waals surface area contributed by atoms with E-state index < -0.39 is 28.5 Å². The van der Waals surface area contributed by atoms with Gasteiger partial charge in [-0.25, -0.2) is 8.42 Å². The Balaban J connectivity index is 2.44. The van der Waals surface area contributed by atoms with Crippen molar-refractivity contribution in [2.24, 2.45) is 5.92 Å². The Kier molecular flexibility index (Phi) is 10.2. The highest BCUT2D eigenvalue weighted by Gasteiger charge is 2.32. The van der Waals surface area contributed by atoms with Crippen LogP contribution in [-0.4, -0.2) is 50.5 Å². The van der Waals surface area contributed by atoms with Crippen LogP contribution in [0.4, 0.5) is 5.69 Å². The van der Waals surface area contributed by atoms with Crippen molar-refractivity contribution >= 4 is 50.7 Å². The molecule has 1 N–H and O–H groups in total. The van der Waals surface area contributed by atoms with E-state index in [1.54, 1.807) is 6.07 Å². The van der Waals surface area contributed by atoms with Gasteiger partial charge in [-0.2, -0.15) is 0 Å². The number of nitrogens with zero attached hydrogens (tertiary/aromatic N) is 2. The second-order valence-corrected chi connectivity index (χ2v) is 11.1. The van der Waals surface area contributed by atoms with Crippen LogP contribution in [-0.2, 0) is 26.2 Å². The minimum Gasteiger partial charge on any atom is -0.354 e. The lowest BCUT2D eigenvalue weighted by atomic mass is 10.1. The molecule has 2 aromatic carbocycles. The first-order valence-corrected chi connectivity index (χ1v) is 13.6. The summed E-state index contributed by atoms with van der Waals surface area (Å²) in [6, 6.07) is 13.0. The molecule has 0 heterocycles. The highest BCUT2D eigenvalue weighted by molar-refractivity contribution is 7.92. The maximum absolute atomic E-state index is 13.6. The van der Waals surface area contributed by atoms with Crippen LogP contribution in [0.15, 0.2) is 48.5 Å². The summed E-state index contributed by atoms with van der Waals surface area (Å²) in [6.45, 7) is 5.86. The van der Waals surface area contributed by atoms with Crippen LogP contribution in [0.25, 0.3) is 0 Å². The number of hydrogen-bond donors (Lipinski definition) is 1. The Morgan fingerprint density at radius 2 is 1.68 bits per heavy atom. The number of carbonyl (C=O) groups excluding carboxylic acids is 2. The third-order valence-electron chi connectivity index (χ3n) is 5.15. The maximum atomic E-state index is 13.6. The first-order chi connectivity index (χ1) is 16.0. The molecule has 0 radical (unpaired) electrons. The average Bonchev–Trinajstić information content (AvgIpc) is 2.77. The Morgan fingerprint density at radius 3 is 2.24 bits per heavy atom. The van der Waals surface area contributed by atoms with Gasteiger partial charge in [0, 0.05) is 13.1 Å². The Morgan fingerprint density at radius 1 is 1.03 bits per heavy atom. The molecule has 0 saturated carbocycles. The molecule has 2 aromatic rings. The van der Waals surface area contributed by atoms with Gasteiger partial charge in [-0.05, 0) is 30.0 Å². The number of rotatable bonds is 11. The normalized spacial score (nSPS) is 12.3. The SMILES string of the molecule is CCC(C(=O)NCC(C)C)N(Cc1ccccc1)C(=O)CN(c1cccc(Cl)c1Cl)S(C)(=O)=O. The molecular weight excluding hydrogens is 497 g/mol. The molecule has 0 aliphatic carbocycles. The van der Waals surface area contributed by atoms with Gasteiger partial charge >= 0.3 is 0 Å². The van der Waals surface area contributed by atoms with Gasteiger partial charge in [0.2, 0.25) is 21.8 Å². The van der Waals surface area contributed by atoms with Crippen molar-refractivity contribution in [3.05, 3.63) is 64.1 Å². The van der Waals surface area contributed by atoms with E-state index in [4.69, 9.17) is 23.2 Å². The Labute approximate surface area is 212 Å². The number of anilines is 1. The van der Waals surface area contributed by atoms with Gasteiger partial charge in [0.15, 0.2) is 0 Å². The lowest BCUT2D eigenvalue weighted by Crippen LogP contribution is -2.52. The van der Waals surface area contributed by atoms with Gasteiger partial charge in [-0.1, -0.05) is 80.4 Å². The number of amides is 2. The van der Waals surface area contributed by atoms with Crippen LogP contribution >= 0.6 is 23.2 Å². The van der Waals surface area contributed by atoms with Gasteiger partial charge in [0.1, 0.15) is 12.6 Å². The summed E-state index contributed by atoms with van der Waals surface area (Å²) in [4.78, 5) is 28.0. The van der Waals surface area contributed by atoms with Crippen LogP contribution in [0.3, 0.4) is 0 Å². The second-order valence-electron chi connectivity index (χ2n) is 8.41. The maximum Gasteiger partial charge on any atom is 0.244 e. The highest BCUT2D eigenvalue weighted by atomic mass is 35.5. The van der Waals surface area contributed by atoms with Crippen molar-refractivity contribution in [1.82, 2.24) is 10.2 Å². The summed E-state index contributed by atoms with van der Waals surface area (Å²) in [5.74, 6) is -0.575. The molecule has 2 rings (SSSR count). The van der Waals surface area contributed by atoms with E-state index >= 15 is 0 Å². The lowest BCUT2D eigenvalue weighted by Gasteiger charge is -2.33. The number of nitrogens with one attached hydrogen (secondary N) is 1. The minimum atomic E-state index is -3.89. The number of benzene rings is 2. The molecule has 0 aliphatic rings. The standard InChI is InChI=1S/C24H31Cl2N3O4S/c1-5-20(24(31)27-14-17(2)3)28(15-18-10-7-6-8-11-18)22(30)16-29(34(4,32)33)21-13-9-12-19(25)23(21)26/h6-13,17,20H,5,14-16H2,1-4H3,(H,27,31). The summed E-state index contributed by atoms with van der Waals surface area (Å²) in [5.41, 5.74) is 0.916. The summed E-state index contributed by atoms with van der Waals surface area (Å²) in [7, 11) is -3.89. The number of sulfonamides is 1. The molecule has 0 aliphatic heterocycles. The Hall–Kier alpha value is -2.29. The van der Waals surface area contributed by atoms with Crippen LogP contribution in [0.2, 0.25) is 10.0 Å². The molecule has 1 atom stereocenters. The van der Waals surface area contributed by atoms with Crippen molar-refractivity contribution < 1.29 is 18.0 Å². The fourth-order valence-corrected chi connectivity index (χ4v) is 4.70. The molecule has 10 heteroatoms. The third-order valence-corrected chi connectivity index (χ3v) is 7.08. The zero-order valence-electron chi connectivity index (χ0n) is 19.8. The lowest BCUT2D eigenvalue weighted by molar-refractivity contribution is -0.140. The fourth-order valence-electron chi connectivity index (χ4n) is 3.40. The summed E-state index contributed by atoms with van der Waals surface area (Å²) < 4.78 is 26.2. The minimum absolute atomic E-state index is 0.0266. The predicted molar refractivity (Wildman–Crippen MR) is 138 cm³/mol. The van der Waals surface area contributed by atoms with Crippen LogP contribution in [0, 0.1) is 5.92 Å². The van der Waals surface area contributed by atoms with Gasteiger partial charge in [0.25, 0.3) is 0 Å². The highest BCUT2D eigenvalue weighted by Crippen LogP contribution is 2.33. The molecule has 7 nitrogen and oxygen atoms in total. The molecule has 0 fully saturated rings. The van der Waals surface area contributed by atoms with Crippen LogP contribution in [0.5, 0.6) is 0 Å². The second kappa shape index (κ2) is 12.4. The van der Waals surface area contributed by atoms with Crippen molar-refractivity contribution in [3.8, 4) is 0 Å². The van der Waals surface area contributed by atoms with E-state index in [1.165, 1.54) is 17.0 Å². The Bertz CT molecular complexity index is 1090. The molecule has 0 spiro atoms. The topological polar surface area (TPSA) is 86.8 Å². The van der Waals surface area contributed by atoms with Crippen LogP contribution < -0.4 is 9.62 Å². The largest absolute Gasteiger partial charge is 0.354 e. The summed E-state index contributed by atoms with van der Waals surface area (Å²) >= 11 is 12.4. The molecule has 2 amide bonds. The summed E-state index contributed by atoms with van der Waals surface area (Å²) in [6.07, 6.45) is 1.35.